The molecule has 0 aliphatic carbocycles. The maximum Gasteiger partial charge on any atom is 0.216 e. The molecule has 1 fully saturated rings. The van der Waals surface area contributed by atoms with E-state index in [1.54, 1.807) is 6.92 Å². The zero-order chi connectivity index (χ0) is 16.4. The Bertz CT molecular complexity index is 583. The zero-order valence-corrected chi connectivity index (χ0v) is 14.5. The lowest BCUT2D eigenvalue weighted by Gasteiger charge is -2.32. The predicted molar refractivity (Wildman–Crippen MR) is 91.5 cm³/mol. The van der Waals surface area contributed by atoms with E-state index in [0.717, 1.165) is 38.3 Å². The van der Waals surface area contributed by atoms with Crippen LogP contribution in [0, 0.1) is 5.92 Å². The van der Waals surface area contributed by atoms with Crippen molar-refractivity contribution in [3.8, 4) is 5.75 Å². The molecule has 2 aliphatic rings. The summed E-state index contributed by atoms with van der Waals surface area (Å²) < 4.78 is 5.96. The number of carbonyl (C=O) groups excluding carboxylic acids is 1. The average Bonchev–Trinajstić information content (AvgIpc) is 2.79. The fourth-order valence-electron chi connectivity index (χ4n) is 3.77. The molecule has 1 aromatic carbocycles. The van der Waals surface area contributed by atoms with Crippen molar-refractivity contribution >= 4 is 5.91 Å². The number of benzene rings is 1. The number of likely N-dealkylation sites (tertiary alicyclic amines) is 1. The first-order chi connectivity index (χ1) is 10.9. The van der Waals surface area contributed by atoms with Crippen molar-refractivity contribution in [2.24, 2.45) is 5.92 Å². The first-order valence-corrected chi connectivity index (χ1v) is 8.69. The van der Waals surface area contributed by atoms with Crippen molar-refractivity contribution in [3.05, 3.63) is 29.3 Å². The summed E-state index contributed by atoms with van der Waals surface area (Å²) in [5.74, 6) is 1.69. The quantitative estimate of drug-likeness (QED) is 0.929. The van der Waals surface area contributed by atoms with Crippen molar-refractivity contribution in [1.82, 2.24) is 10.2 Å². The van der Waals surface area contributed by atoms with Gasteiger partial charge < -0.3 is 10.1 Å². The molecular weight excluding hydrogens is 288 g/mol. The van der Waals surface area contributed by atoms with Crippen molar-refractivity contribution in [1.29, 1.82) is 0 Å². The number of piperidine rings is 1. The summed E-state index contributed by atoms with van der Waals surface area (Å²) >= 11 is 0. The van der Waals surface area contributed by atoms with Crippen molar-refractivity contribution in [2.75, 3.05) is 19.6 Å². The molecule has 2 heterocycles. The smallest absolute Gasteiger partial charge is 0.216 e. The summed E-state index contributed by atoms with van der Waals surface area (Å²) in [6.07, 6.45) is 3.41. The van der Waals surface area contributed by atoms with Crippen molar-refractivity contribution in [2.45, 2.75) is 52.2 Å². The lowest BCUT2D eigenvalue weighted by Crippen LogP contribution is -2.40. The van der Waals surface area contributed by atoms with E-state index in [1.807, 2.05) is 0 Å². The van der Waals surface area contributed by atoms with E-state index in [2.05, 4.69) is 42.3 Å². The minimum Gasteiger partial charge on any atom is -0.487 e. The molecule has 0 bridgehead atoms. The van der Waals surface area contributed by atoms with Gasteiger partial charge >= 0.3 is 0 Å². The van der Waals surface area contributed by atoms with Crippen LogP contribution in [-0.4, -0.2) is 36.0 Å². The molecule has 1 saturated heterocycles. The van der Waals surface area contributed by atoms with Crippen LogP contribution >= 0.6 is 0 Å². The second kappa shape index (κ2) is 6.52. The number of carbonyl (C=O) groups is 1. The van der Waals surface area contributed by atoms with Crippen molar-refractivity contribution < 1.29 is 9.53 Å². The first-order valence-electron chi connectivity index (χ1n) is 8.69. The van der Waals surface area contributed by atoms with Crippen molar-refractivity contribution in [3.63, 3.8) is 0 Å². The van der Waals surface area contributed by atoms with Crippen LogP contribution in [0.5, 0.6) is 5.75 Å². The van der Waals surface area contributed by atoms with Crippen LogP contribution in [0.1, 0.15) is 44.7 Å². The van der Waals surface area contributed by atoms with Crippen LogP contribution in [0.25, 0.3) is 0 Å². The molecular formula is C19H28N2O2. The second-order valence-electron chi connectivity index (χ2n) is 7.66. The summed E-state index contributed by atoms with van der Waals surface area (Å²) in [7, 11) is 0. The van der Waals surface area contributed by atoms with Crippen LogP contribution in [0.2, 0.25) is 0 Å². The summed E-state index contributed by atoms with van der Waals surface area (Å²) in [5.41, 5.74) is 2.62. The molecule has 1 amide bonds. The number of nitrogens with one attached hydrogen (secondary N) is 1. The van der Waals surface area contributed by atoms with Gasteiger partial charge in [-0.3, -0.25) is 9.69 Å². The van der Waals surface area contributed by atoms with Crippen LogP contribution in [0.3, 0.4) is 0 Å². The summed E-state index contributed by atoms with van der Waals surface area (Å²) in [4.78, 5) is 13.6. The molecule has 4 heteroatoms. The number of rotatable bonds is 4. The van der Waals surface area contributed by atoms with E-state index in [4.69, 9.17) is 4.74 Å². The van der Waals surface area contributed by atoms with Crippen LogP contribution in [-0.2, 0) is 17.8 Å². The van der Waals surface area contributed by atoms with E-state index in [0.29, 0.717) is 5.92 Å². The van der Waals surface area contributed by atoms with E-state index in [9.17, 15) is 4.79 Å². The third-order valence-corrected chi connectivity index (χ3v) is 4.78. The number of hydrogen-bond donors (Lipinski definition) is 1. The topological polar surface area (TPSA) is 41.6 Å². The third-order valence-electron chi connectivity index (χ3n) is 4.78. The predicted octanol–water partition coefficient (Wildman–Crippen LogP) is 2.75. The van der Waals surface area contributed by atoms with Gasteiger partial charge in [-0.25, -0.2) is 0 Å². The van der Waals surface area contributed by atoms with Gasteiger partial charge in [0.15, 0.2) is 0 Å². The molecule has 2 aliphatic heterocycles. The fraction of sp³-hybridized carbons (Fsp3) is 0.632. The monoisotopic (exact) mass is 316 g/mol. The summed E-state index contributed by atoms with van der Waals surface area (Å²) in [5, 5.41) is 2.96. The Balaban J connectivity index is 1.58. The normalized spacial score (nSPS) is 23.2. The Kier molecular flexibility index (Phi) is 4.62. The largest absolute Gasteiger partial charge is 0.487 e. The first kappa shape index (κ1) is 16.3. The molecule has 1 aromatic rings. The van der Waals surface area contributed by atoms with Gasteiger partial charge in [0, 0.05) is 33.0 Å². The molecule has 1 N–H and O–H groups in total. The number of fused-ring (bicyclic) bond motifs is 1. The number of amides is 1. The maximum atomic E-state index is 11.1. The molecule has 0 spiro atoms. The molecule has 0 aromatic heterocycles. The van der Waals surface area contributed by atoms with E-state index >= 15 is 0 Å². The van der Waals surface area contributed by atoms with E-state index in [1.165, 1.54) is 24.0 Å². The molecule has 126 valence electrons. The Morgan fingerprint density at radius 3 is 3.04 bits per heavy atom. The van der Waals surface area contributed by atoms with Crippen LogP contribution in [0.4, 0.5) is 0 Å². The molecule has 23 heavy (non-hydrogen) atoms. The maximum absolute atomic E-state index is 11.1. The highest BCUT2D eigenvalue weighted by Crippen LogP contribution is 2.35. The average molecular weight is 316 g/mol. The highest BCUT2D eigenvalue weighted by atomic mass is 16.5. The van der Waals surface area contributed by atoms with E-state index in [-0.39, 0.29) is 11.5 Å². The summed E-state index contributed by atoms with van der Waals surface area (Å²) in [6, 6.07) is 6.62. The number of ether oxygens (including phenoxy) is 1. The molecule has 0 saturated carbocycles. The Morgan fingerprint density at radius 2 is 2.26 bits per heavy atom. The van der Waals surface area contributed by atoms with Gasteiger partial charge in [0.25, 0.3) is 0 Å². The Labute approximate surface area is 139 Å². The highest BCUT2D eigenvalue weighted by Gasteiger charge is 2.30. The second-order valence-corrected chi connectivity index (χ2v) is 7.66. The number of nitrogens with zero attached hydrogens (tertiary/aromatic N) is 1. The third kappa shape index (κ3) is 4.25. The SMILES string of the molecule is CC(=O)NCC1CCCN(Cc2ccc3c(c2)CC(C)(C)O3)C1. The lowest BCUT2D eigenvalue weighted by atomic mass is 9.96. The number of hydrogen-bond acceptors (Lipinski definition) is 3. The molecule has 3 rings (SSSR count). The lowest BCUT2D eigenvalue weighted by molar-refractivity contribution is -0.119. The van der Waals surface area contributed by atoms with Gasteiger partial charge in [0.2, 0.25) is 5.91 Å². The van der Waals surface area contributed by atoms with Gasteiger partial charge in [0.1, 0.15) is 11.4 Å². The molecule has 1 atom stereocenters. The van der Waals surface area contributed by atoms with Crippen LogP contribution in [0.15, 0.2) is 18.2 Å². The van der Waals surface area contributed by atoms with Gasteiger partial charge in [-0.2, -0.15) is 0 Å². The fourth-order valence-corrected chi connectivity index (χ4v) is 3.77. The van der Waals surface area contributed by atoms with Gasteiger partial charge in [-0.05, 0) is 56.3 Å². The minimum absolute atomic E-state index is 0.0726. The van der Waals surface area contributed by atoms with Gasteiger partial charge in [-0.15, -0.1) is 0 Å². The zero-order valence-electron chi connectivity index (χ0n) is 14.5. The van der Waals surface area contributed by atoms with Gasteiger partial charge in [0.05, 0.1) is 0 Å². The Hall–Kier alpha value is -1.55. The molecule has 4 nitrogen and oxygen atoms in total. The van der Waals surface area contributed by atoms with Gasteiger partial charge in [-0.1, -0.05) is 12.1 Å². The molecule has 0 radical (unpaired) electrons. The standard InChI is InChI=1S/C19H28N2O2/c1-14(22)20-11-16-5-4-8-21(13-16)12-15-6-7-18-17(9-15)10-19(2,3)23-18/h6-7,9,16H,4-5,8,10-13H2,1-3H3,(H,20,22). The molecule has 1 unspecified atom stereocenters. The Morgan fingerprint density at radius 1 is 1.43 bits per heavy atom. The van der Waals surface area contributed by atoms with Crippen LogP contribution < -0.4 is 10.1 Å². The highest BCUT2D eigenvalue weighted by molar-refractivity contribution is 5.72. The van der Waals surface area contributed by atoms with E-state index < -0.39 is 0 Å². The summed E-state index contributed by atoms with van der Waals surface area (Å²) in [6.45, 7) is 9.89. The minimum atomic E-state index is -0.0739.